The topological polar surface area (TPSA) is 41.9 Å². The van der Waals surface area contributed by atoms with E-state index in [2.05, 4.69) is 26.9 Å². The first-order chi connectivity index (χ1) is 12.0. The van der Waals surface area contributed by atoms with Crippen molar-refractivity contribution >= 4 is 33.3 Å². The number of aliphatic hydroxyl groups excluding tert-OH is 1. The minimum Gasteiger partial charge on any atom is -0.493 e. The van der Waals surface area contributed by atoms with Crippen LogP contribution in [-0.2, 0) is 6.54 Å². The predicted molar refractivity (Wildman–Crippen MR) is 108 cm³/mol. The van der Waals surface area contributed by atoms with Gasteiger partial charge in [0.25, 0.3) is 0 Å². The zero-order valence-electron chi connectivity index (χ0n) is 14.7. The highest BCUT2D eigenvalue weighted by atomic mass is 79.9. The van der Waals surface area contributed by atoms with Gasteiger partial charge in [-0.2, -0.15) is 0 Å². The van der Waals surface area contributed by atoms with Gasteiger partial charge in [-0.25, -0.2) is 0 Å². The molecule has 0 saturated heterocycles. The average molecular weight is 426 g/mol. The summed E-state index contributed by atoms with van der Waals surface area (Å²) in [6, 6.07) is 9.88. The van der Waals surface area contributed by atoms with E-state index in [1.165, 1.54) is 4.88 Å². The molecule has 1 aromatic heterocycles. The zero-order chi connectivity index (χ0) is 18.2. The van der Waals surface area contributed by atoms with Crippen LogP contribution in [0.3, 0.4) is 0 Å². The van der Waals surface area contributed by atoms with E-state index in [0.29, 0.717) is 18.0 Å². The normalized spacial score (nSPS) is 12.7. The molecule has 1 aromatic carbocycles. The van der Waals surface area contributed by atoms with Crippen LogP contribution in [0.1, 0.15) is 17.4 Å². The molecule has 6 heteroatoms. The van der Waals surface area contributed by atoms with Gasteiger partial charge in [0.1, 0.15) is 12.7 Å². The largest absolute Gasteiger partial charge is 0.493 e. The molecule has 0 aliphatic carbocycles. The lowest BCUT2D eigenvalue weighted by atomic mass is 10.2. The maximum atomic E-state index is 10.2. The van der Waals surface area contributed by atoms with Gasteiger partial charge in [0, 0.05) is 18.0 Å². The third-order valence-electron chi connectivity index (χ3n) is 3.56. The van der Waals surface area contributed by atoms with Gasteiger partial charge in [-0.15, -0.1) is 11.3 Å². The van der Waals surface area contributed by atoms with Crippen LogP contribution in [0.4, 0.5) is 0 Å². The molecule has 0 bridgehead atoms. The number of methoxy groups -OCH3 is 1. The number of allylic oxidation sites excluding steroid dienone is 1. The molecule has 1 unspecified atom stereocenters. The van der Waals surface area contributed by atoms with Crippen molar-refractivity contribution in [3.05, 3.63) is 50.6 Å². The molecule has 0 aliphatic heterocycles. The van der Waals surface area contributed by atoms with Crippen LogP contribution in [0, 0.1) is 0 Å². The van der Waals surface area contributed by atoms with E-state index < -0.39 is 6.10 Å². The quantitative estimate of drug-likeness (QED) is 0.645. The highest BCUT2D eigenvalue weighted by molar-refractivity contribution is 9.11. The molecule has 0 amide bonds. The molecule has 136 valence electrons. The second-order valence-electron chi connectivity index (χ2n) is 5.78. The monoisotopic (exact) mass is 425 g/mol. The first-order valence-electron chi connectivity index (χ1n) is 8.06. The maximum absolute atomic E-state index is 10.2. The molecule has 0 radical (unpaired) electrons. The van der Waals surface area contributed by atoms with E-state index in [0.717, 1.165) is 15.9 Å². The summed E-state index contributed by atoms with van der Waals surface area (Å²) >= 11 is 5.17. The lowest BCUT2D eigenvalue weighted by molar-refractivity contribution is 0.0735. The van der Waals surface area contributed by atoms with E-state index in [1.54, 1.807) is 18.4 Å². The summed E-state index contributed by atoms with van der Waals surface area (Å²) < 4.78 is 12.2. The molecule has 0 fully saturated rings. The molecule has 0 spiro atoms. The second kappa shape index (κ2) is 9.97. The number of likely N-dealkylation sites (N-methyl/N-ethyl adjacent to an activating group) is 1. The summed E-state index contributed by atoms with van der Waals surface area (Å²) in [7, 11) is 3.61. The number of thiophene rings is 1. The first kappa shape index (κ1) is 20.0. The first-order valence-corrected chi connectivity index (χ1v) is 9.67. The second-order valence-corrected chi connectivity index (χ2v) is 8.33. The minimum atomic E-state index is -0.576. The molecule has 1 heterocycles. The number of hydrogen-bond acceptors (Lipinski definition) is 5. The van der Waals surface area contributed by atoms with Gasteiger partial charge in [0.05, 0.1) is 10.9 Å². The van der Waals surface area contributed by atoms with Crippen molar-refractivity contribution in [1.82, 2.24) is 4.90 Å². The molecule has 2 rings (SSSR count). The van der Waals surface area contributed by atoms with Crippen LogP contribution in [0.2, 0.25) is 0 Å². The number of halogens is 1. The fraction of sp³-hybridized carbons (Fsp3) is 0.368. The van der Waals surface area contributed by atoms with Crippen molar-refractivity contribution in [3.63, 3.8) is 0 Å². The van der Waals surface area contributed by atoms with Gasteiger partial charge < -0.3 is 14.6 Å². The van der Waals surface area contributed by atoms with Crippen LogP contribution >= 0.6 is 27.3 Å². The Bertz CT molecular complexity index is 702. The van der Waals surface area contributed by atoms with Gasteiger partial charge >= 0.3 is 0 Å². The van der Waals surface area contributed by atoms with E-state index in [-0.39, 0.29) is 6.61 Å². The SMILES string of the molecule is C/C=C/c1ccc(OCC(O)CN(C)Cc2ccc(Br)s2)c(OC)c1. The summed E-state index contributed by atoms with van der Waals surface area (Å²) in [5, 5.41) is 10.2. The van der Waals surface area contributed by atoms with Crippen molar-refractivity contribution < 1.29 is 14.6 Å². The summed E-state index contributed by atoms with van der Waals surface area (Å²) in [5.41, 5.74) is 1.05. The van der Waals surface area contributed by atoms with Gasteiger partial charge in [-0.1, -0.05) is 18.2 Å². The highest BCUT2D eigenvalue weighted by Gasteiger charge is 2.12. The van der Waals surface area contributed by atoms with Crippen LogP contribution in [0.15, 0.2) is 40.2 Å². The van der Waals surface area contributed by atoms with Crippen molar-refractivity contribution in [2.45, 2.75) is 19.6 Å². The molecule has 2 aromatic rings. The number of nitrogens with zero attached hydrogens (tertiary/aromatic N) is 1. The summed E-state index contributed by atoms with van der Waals surface area (Å²) in [4.78, 5) is 3.34. The minimum absolute atomic E-state index is 0.220. The smallest absolute Gasteiger partial charge is 0.161 e. The Morgan fingerprint density at radius 2 is 2.08 bits per heavy atom. The number of rotatable bonds is 9. The Morgan fingerprint density at radius 1 is 1.28 bits per heavy atom. The molecule has 0 saturated carbocycles. The summed E-state index contributed by atoms with van der Waals surface area (Å²) in [6.45, 7) is 3.53. The van der Waals surface area contributed by atoms with E-state index in [4.69, 9.17) is 9.47 Å². The lowest BCUT2D eigenvalue weighted by Gasteiger charge is -2.20. The Balaban J connectivity index is 1.85. The van der Waals surface area contributed by atoms with Crippen LogP contribution in [0.25, 0.3) is 6.08 Å². The molecule has 25 heavy (non-hydrogen) atoms. The fourth-order valence-electron chi connectivity index (χ4n) is 2.47. The Morgan fingerprint density at radius 3 is 2.72 bits per heavy atom. The molecule has 1 atom stereocenters. The summed E-state index contributed by atoms with van der Waals surface area (Å²) in [6.07, 6.45) is 3.40. The summed E-state index contributed by atoms with van der Waals surface area (Å²) in [5.74, 6) is 1.30. The molecule has 4 nitrogen and oxygen atoms in total. The molecule has 1 N–H and O–H groups in total. The Kier molecular flexibility index (Phi) is 7.96. The van der Waals surface area contributed by atoms with E-state index >= 15 is 0 Å². The average Bonchev–Trinajstić information content (AvgIpc) is 2.98. The van der Waals surface area contributed by atoms with Crippen molar-refractivity contribution in [1.29, 1.82) is 0 Å². The van der Waals surface area contributed by atoms with Gasteiger partial charge in [0.15, 0.2) is 11.5 Å². The van der Waals surface area contributed by atoms with Crippen molar-refractivity contribution in [2.75, 3.05) is 27.3 Å². The number of aliphatic hydroxyl groups is 1. The van der Waals surface area contributed by atoms with Crippen LogP contribution < -0.4 is 9.47 Å². The predicted octanol–water partition coefficient (Wildman–Crippen LogP) is 4.42. The van der Waals surface area contributed by atoms with E-state index in [9.17, 15) is 5.11 Å². The van der Waals surface area contributed by atoms with Crippen molar-refractivity contribution in [3.8, 4) is 11.5 Å². The van der Waals surface area contributed by atoms with E-state index in [1.807, 2.05) is 50.4 Å². The van der Waals surface area contributed by atoms with Gasteiger partial charge in [0.2, 0.25) is 0 Å². The number of hydrogen-bond donors (Lipinski definition) is 1. The molecular formula is C19H24BrNO3S. The van der Waals surface area contributed by atoms with Gasteiger partial charge in [-0.05, 0) is 59.7 Å². The third kappa shape index (κ3) is 6.47. The van der Waals surface area contributed by atoms with Crippen LogP contribution in [0.5, 0.6) is 11.5 Å². The molecular weight excluding hydrogens is 402 g/mol. The molecule has 0 aliphatic rings. The van der Waals surface area contributed by atoms with Crippen LogP contribution in [-0.4, -0.2) is 43.4 Å². The maximum Gasteiger partial charge on any atom is 0.161 e. The standard InChI is InChI=1S/C19H24BrNO3S/c1-4-5-14-6-8-17(18(10-14)23-3)24-13-15(22)11-21(2)12-16-7-9-19(20)25-16/h4-10,15,22H,11-13H2,1-3H3/b5-4+. The number of benzene rings is 1. The highest BCUT2D eigenvalue weighted by Crippen LogP contribution is 2.28. The Labute approximate surface area is 161 Å². The lowest BCUT2D eigenvalue weighted by Crippen LogP contribution is -2.32. The van der Waals surface area contributed by atoms with Crippen molar-refractivity contribution in [2.24, 2.45) is 0 Å². The van der Waals surface area contributed by atoms with Gasteiger partial charge in [-0.3, -0.25) is 4.90 Å². The number of ether oxygens (including phenoxy) is 2. The fourth-order valence-corrected chi connectivity index (χ4v) is 4.03. The third-order valence-corrected chi connectivity index (χ3v) is 5.16. The Hall–Kier alpha value is -1.34. The zero-order valence-corrected chi connectivity index (χ0v) is 17.1.